The van der Waals surface area contributed by atoms with E-state index < -0.39 is 0 Å². The quantitative estimate of drug-likeness (QED) is 0.702. The van der Waals surface area contributed by atoms with Gasteiger partial charge in [0.2, 0.25) is 11.8 Å². The zero-order chi connectivity index (χ0) is 11.5. The van der Waals surface area contributed by atoms with Crippen molar-refractivity contribution in [1.29, 1.82) is 0 Å². The summed E-state index contributed by atoms with van der Waals surface area (Å²) >= 11 is 0. The summed E-state index contributed by atoms with van der Waals surface area (Å²) in [6.45, 7) is 0.635. The molecule has 5 heteroatoms. The van der Waals surface area contributed by atoms with Gasteiger partial charge in [0.1, 0.15) is 0 Å². The highest BCUT2D eigenvalue weighted by molar-refractivity contribution is 6.00. The Labute approximate surface area is 93.8 Å². The van der Waals surface area contributed by atoms with E-state index in [1.807, 2.05) is 29.9 Å². The first kappa shape index (κ1) is 10.9. The number of hydrogen-bond acceptors (Lipinski definition) is 3. The highest BCUT2D eigenvalue weighted by Gasteiger charge is 2.25. The standard InChI is InChI=1S/C11H15N3O2/c1-14-6-2-3-8(14)7-12-9-4-5-10(15)13-11(9)16/h2-3,6,9,12H,4-5,7H2,1H3,(H,13,15,16). The van der Waals surface area contributed by atoms with Crippen molar-refractivity contribution in [2.75, 3.05) is 0 Å². The Kier molecular flexibility index (Phi) is 3.05. The third-order valence-electron chi connectivity index (χ3n) is 2.82. The Morgan fingerprint density at radius 2 is 2.38 bits per heavy atom. The maximum atomic E-state index is 11.4. The smallest absolute Gasteiger partial charge is 0.243 e. The first-order chi connectivity index (χ1) is 7.66. The second-order valence-electron chi connectivity index (χ2n) is 4.00. The maximum absolute atomic E-state index is 11.4. The lowest BCUT2D eigenvalue weighted by Gasteiger charge is -2.21. The number of nitrogens with zero attached hydrogens (tertiary/aromatic N) is 1. The van der Waals surface area contributed by atoms with E-state index >= 15 is 0 Å². The molecule has 5 nitrogen and oxygen atoms in total. The van der Waals surface area contributed by atoms with E-state index in [2.05, 4.69) is 10.6 Å². The highest BCUT2D eigenvalue weighted by atomic mass is 16.2. The Hall–Kier alpha value is -1.62. The molecular weight excluding hydrogens is 206 g/mol. The van der Waals surface area contributed by atoms with Gasteiger partial charge in [-0.1, -0.05) is 0 Å². The van der Waals surface area contributed by atoms with Crippen molar-refractivity contribution in [3.8, 4) is 0 Å². The lowest BCUT2D eigenvalue weighted by molar-refractivity contribution is -0.134. The molecule has 0 aromatic carbocycles. The molecule has 86 valence electrons. The van der Waals surface area contributed by atoms with Crippen LogP contribution < -0.4 is 10.6 Å². The Balaban J connectivity index is 1.89. The van der Waals surface area contributed by atoms with Crippen LogP contribution in [-0.4, -0.2) is 22.4 Å². The summed E-state index contributed by atoms with van der Waals surface area (Å²) in [6.07, 6.45) is 2.95. The van der Waals surface area contributed by atoms with Gasteiger partial charge in [0.25, 0.3) is 0 Å². The van der Waals surface area contributed by atoms with Crippen LogP contribution in [0.4, 0.5) is 0 Å². The van der Waals surface area contributed by atoms with Gasteiger partial charge in [-0.25, -0.2) is 0 Å². The molecular formula is C11H15N3O2. The summed E-state index contributed by atoms with van der Waals surface area (Å²) in [4.78, 5) is 22.4. The molecule has 1 aliphatic rings. The van der Waals surface area contributed by atoms with Crippen molar-refractivity contribution in [2.45, 2.75) is 25.4 Å². The predicted molar refractivity (Wildman–Crippen MR) is 58.4 cm³/mol. The zero-order valence-corrected chi connectivity index (χ0v) is 9.19. The van der Waals surface area contributed by atoms with Gasteiger partial charge >= 0.3 is 0 Å². The Morgan fingerprint density at radius 1 is 1.56 bits per heavy atom. The van der Waals surface area contributed by atoms with E-state index in [0.29, 0.717) is 19.4 Å². The molecule has 1 aromatic rings. The fourth-order valence-corrected chi connectivity index (χ4v) is 1.80. The van der Waals surface area contributed by atoms with Gasteiger partial charge in [-0.2, -0.15) is 0 Å². The number of carbonyl (C=O) groups is 2. The van der Waals surface area contributed by atoms with Crippen LogP contribution in [0.25, 0.3) is 0 Å². The van der Waals surface area contributed by atoms with Crippen LogP contribution >= 0.6 is 0 Å². The van der Waals surface area contributed by atoms with Gasteiger partial charge in [-0.15, -0.1) is 0 Å². The van der Waals surface area contributed by atoms with Crippen molar-refractivity contribution in [2.24, 2.45) is 7.05 Å². The molecule has 16 heavy (non-hydrogen) atoms. The van der Waals surface area contributed by atoms with E-state index in [4.69, 9.17) is 0 Å². The highest BCUT2D eigenvalue weighted by Crippen LogP contribution is 2.06. The summed E-state index contributed by atoms with van der Waals surface area (Å²) in [5.41, 5.74) is 1.12. The molecule has 1 fully saturated rings. The zero-order valence-electron chi connectivity index (χ0n) is 9.19. The molecule has 0 saturated carbocycles. The molecule has 0 aliphatic carbocycles. The maximum Gasteiger partial charge on any atom is 0.243 e. The van der Waals surface area contributed by atoms with Crippen molar-refractivity contribution in [3.63, 3.8) is 0 Å². The third-order valence-corrected chi connectivity index (χ3v) is 2.82. The van der Waals surface area contributed by atoms with Gasteiger partial charge in [-0.05, 0) is 18.6 Å². The molecule has 1 aliphatic heterocycles. The van der Waals surface area contributed by atoms with Crippen LogP contribution in [0.2, 0.25) is 0 Å². The molecule has 1 atom stereocenters. The molecule has 0 radical (unpaired) electrons. The molecule has 1 saturated heterocycles. The number of piperidine rings is 1. The molecule has 2 N–H and O–H groups in total. The number of aromatic nitrogens is 1. The Bertz CT molecular complexity index is 411. The topological polar surface area (TPSA) is 63.1 Å². The number of imide groups is 1. The number of hydrogen-bond donors (Lipinski definition) is 2. The summed E-state index contributed by atoms with van der Waals surface area (Å²) in [7, 11) is 1.96. The lowest BCUT2D eigenvalue weighted by atomic mass is 10.1. The fourth-order valence-electron chi connectivity index (χ4n) is 1.80. The monoisotopic (exact) mass is 221 g/mol. The second kappa shape index (κ2) is 4.49. The number of aryl methyl sites for hydroxylation is 1. The fraction of sp³-hybridized carbons (Fsp3) is 0.455. The average molecular weight is 221 g/mol. The van der Waals surface area contributed by atoms with Crippen LogP contribution in [0.5, 0.6) is 0 Å². The van der Waals surface area contributed by atoms with Crippen LogP contribution in [0.3, 0.4) is 0 Å². The SMILES string of the molecule is Cn1cccc1CNC1CCC(=O)NC1=O. The first-order valence-electron chi connectivity index (χ1n) is 5.34. The van der Waals surface area contributed by atoms with Crippen molar-refractivity contribution >= 4 is 11.8 Å². The van der Waals surface area contributed by atoms with Gasteiger partial charge < -0.3 is 9.88 Å². The normalized spacial score (nSPS) is 20.9. The Morgan fingerprint density at radius 3 is 3.00 bits per heavy atom. The van der Waals surface area contributed by atoms with E-state index in [0.717, 1.165) is 5.69 Å². The molecule has 2 heterocycles. The van der Waals surface area contributed by atoms with E-state index in [1.54, 1.807) is 0 Å². The van der Waals surface area contributed by atoms with Crippen molar-refractivity contribution in [3.05, 3.63) is 24.0 Å². The van der Waals surface area contributed by atoms with Crippen molar-refractivity contribution in [1.82, 2.24) is 15.2 Å². The van der Waals surface area contributed by atoms with Gasteiger partial charge in [0, 0.05) is 31.9 Å². The minimum atomic E-state index is -0.257. The number of carbonyl (C=O) groups excluding carboxylic acids is 2. The van der Waals surface area contributed by atoms with Gasteiger partial charge in [0.15, 0.2) is 0 Å². The first-order valence-corrected chi connectivity index (χ1v) is 5.34. The lowest BCUT2D eigenvalue weighted by Crippen LogP contribution is -2.50. The number of nitrogens with one attached hydrogen (secondary N) is 2. The van der Waals surface area contributed by atoms with Crippen LogP contribution in [-0.2, 0) is 23.2 Å². The van der Waals surface area contributed by atoms with Gasteiger partial charge in [-0.3, -0.25) is 14.9 Å². The molecule has 1 aromatic heterocycles. The van der Waals surface area contributed by atoms with Crippen LogP contribution in [0.1, 0.15) is 18.5 Å². The largest absolute Gasteiger partial charge is 0.353 e. The molecule has 1 unspecified atom stereocenters. The molecule has 2 rings (SSSR count). The molecule has 2 amide bonds. The predicted octanol–water partition coefficient (Wildman–Crippen LogP) is -0.0801. The van der Waals surface area contributed by atoms with Gasteiger partial charge in [0.05, 0.1) is 6.04 Å². The van der Waals surface area contributed by atoms with Crippen LogP contribution in [0, 0.1) is 0 Å². The minimum absolute atomic E-state index is 0.179. The summed E-state index contributed by atoms with van der Waals surface area (Å²) < 4.78 is 2.00. The second-order valence-corrected chi connectivity index (χ2v) is 4.00. The average Bonchev–Trinajstić information content (AvgIpc) is 2.63. The summed E-state index contributed by atoms with van der Waals surface area (Å²) in [5.74, 6) is -0.396. The van der Waals surface area contributed by atoms with E-state index in [-0.39, 0.29) is 17.9 Å². The number of amides is 2. The van der Waals surface area contributed by atoms with Crippen LogP contribution in [0.15, 0.2) is 18.3 Å². The third kappa shape index (κ3) is 2.30. The van der Waals surface area contributed by atoms with E-state index in [1.165, 1.54) is 0 Å². The summed E-state index contributed by atoms with van der Waals surface area (Å²) in [6, 6.07) is 3.70. The van der Waals surface area contributed by atoms with Crippen molar-refractivity contribution < 1.29 is 9.59 Å². The minimum Gasteiger partial charge on any atom is -0.353 e. The molecule has 0 bridgehead atoms. The molecule has 0 spiro atoms. The number of rotatable bonds is 3. The van der Waals surface area contributed by atoms with E-state index in [9.17, 15) is 9.59 Å². The summed E-state index contributed by atoms with van der Waals surface area (Å²) in [5, 5.41) is 5.48.